The second kappa shape index (κ2) is 3.93. The van der Waals surface area contributed by atoms with Crippen LogP contribution in [0.25, 0.3) is 0 Å². The van der Waals surface area contributed by atoms with Crippen molar-refractivity contribution in [2.24, 2.45) is 0 Å². The number of piperidine rings is 1. The van der Waals surface area contributed by atoms with Crippen LogP contribution in [0.3, 0.4) is 0 Å². The largest absolute Gasteiger partial charge is 0.317 e. The Morgan fingerprint density at radius 3 is 2.53 bits per heavy atom. The van der Waals surface area contributed by atoms with Gasteiger partial charge in [-0.1, -0.05) is 19.1 Å². The molecule has 1 saturated heterocycles. The maximum absolute atomic E-state index is 13.2. The van der Waals surface area contributed by atoms with Crippen LogP contribution in [0.1, 0.15) is 30.9 Å². The number of halogens is 1. The molecule has 1 heterocycles. The first-order valence-corrected chi connectivity index (χ1v) is 5.59. The summed E-state index contributed by atoms with van der Waals surface area (Å²) >= 11 is 0. The molecule has 0 radical (unpaired) electrons. The highest BCUT2D eigenvalue weighted by Gasteiger charge is 2.28. The lowest BCUT2D eigenvalue weighted by Gasteiger charge is -2.34. The lowest BCUT2D eigenvalue weighted by Crippen LogP contribution is -2.37. The van der Waals surface area contributed by atoms with Gasteiger partial charge in [-0.15, -0.1) is 0 Å². The molecule has 0 atom stereocenters. The lowest BCUT2D eigenvalue weighted by molar-refractivity contribution is 0.335. The van der Waals surface area contributed by atoms with Gasteiger partial charge in [0, 0.05) is 0 Å². The van der Waals surface area contributed by atoms with Crippen LogP contribution in [-0.4, -0.2) is 13.1 Å². The van der Waals surface area contributed by atoms with Crippen LogP contribution in [0, 0.1) is 12.7 Å². The van der Waals surface area contributed by atoms with Gasteiger partial charge < -0.3 is 5.32 Å². The predicted molar refractivity (Wildman–Crippen MR) is 60.6 cm³/mol. The number of hydrogen-bond acceptors (Lipinski definition) is 1. The Balaban J connectivity index is 2.31. The molecule has 1 N–H and O–H groups in total. The maximum Gasteiger partial charge on any atom is 0.126 e. The fourth-order valence-electron chi connectivity index (χ4n) is 2.29. The monoisotopic (exact) mass is 207 g/mol. The summed E-state index contributed by atoms with van der Waals surface area (Å²) in [6, 6.07) is 5.53. The molecule has 15 heavy (non-hydrogen) atoms. The average Bonchev–Trinajstić information content (AvgIpc) is 2.23. The predicted octanol–water partition coefficient (Wildman–Crippen LogP) is 2.78. The molecule has 82 valence electrons. The minimum absolute atomic E-state index is 0.101. The number of benzene rings is 1. The Morgan fingerprint density at radius 1 is 1.27 bits per heavy atom. The van der Waals surface area contributed by atoms with Gasteiger partial charge in [0.2, 0.25) is 0 Å². The fraction of sp³-hybridized carbons (Fsp3) is 0.538. The van der Waals surface area contributed by atoms with Crippen molar-refractivity contribution < 1.29 is 4.39 Å². The molecule has 2 heteroatoms. The van der Waals surface area contributed by atoms with Crippen molar-refractivity contribution >= 4 is 0 Å². The van der Waals surface area contributed by atoms with Crippen LogP contribution in [0.2, 0.25) is 0 Å². The summed E-state index contributed by atoms with van der Waals surface area (Å²) in [5, 5.41) is 3.36. The molecule has 0 saturated carbocycles. The third-order valence-electron chi connectivity index (χ3n) is 3.56. The Labute approximate surface area is 90.7 Å². The van der Waals surface area contributed by atoms with E-state index in [9.17, 15) is 4.39 Å². The van der Waals surface area contributed by atoms with Gasteiger partial charge in [0.05, 0.1) is 0 Å². The van der Waals surface area contributed by atoms with Crippen molar-refractivity contribution in [3.8, 4) is 0 Å². The van der Waals surface area contributed by atoms with E-state index in [0.29, 0.717) is 0 Å². The summed E-state index contributed by atoms with van der Waals surface area (Å²) in [6.07, 6.45) is 2.27. The first kappa shape index (κ1) is 10.6. The van der Waals surface area contributed by atoms with Crippen LogP contribution in [0.5, 0.6) is 0 Å². The molecule has 0 aliphatic carbocycles. The molecule has 1 aromatic rings. The van der Waals surface area contributed by atoms with E-state index in [-0.39, 0.29) is 11.2 Å². The zero-order chi connectivity index (χ0) is 10.9. The summed E-state index contributed by atoms with van der Waals surface area (Å²) in [6.45, 7) is 6.24. The minimum atomic E-state index is -0.101. The number of rotatable bonds is 1. The fourth-order valence-corrected chi connectivity index (χ4v) is 2.29. The second-order valence-corrected chi connectivity index (χ2v) is 4.77. The van der Waals surface area contributed by atoms with Gasteiger partial charge in [-0.2, -0.15) is 0 Å². The van der Waals surface area contributed by atoms with Crippen LogP contribution in [0.4, 0.5) is 4.39 Å². The molecule has 0 spiro atoms. The molecule has 1 aromatic carbocycles. The second-order valence-electron chi connectivity index (χ2n) is 4.77. The average molecular weight is 207 g/mol. The summed E-state index contributed by atoms with van der Waals surface area (Å²) in [5.74, 6) is -0.101. The molecule has 1 aliphatic heterocycles. The van der Waals surface area contributed by atoms with Crippen molar-refractivity contribution in [1.82, 2.24) is 5.32 Å². The summed E-state index contributed by atoms with van der Waals surface area (Å²) in [5.41, 5.74) is 2.26. The first-order valence-electron chi connectivity index (χ1n) is 5.59. The first-order chi connectivity index (χ1) is 7.12. The third-order valence-corrected chi connectivity index (χ3v) is 3.56. The van der Waals surface area contributed by atoms with Crippen molar-refractivity contribution in [2.75, 3.05) is 13.1 Å². The van der Waals surface area contributed by atoms with E-state index in [1.54, 1.807) is 6.07 Å². The molecule has 2 rings (SSSR count). The smallest absolute Gasteiger partial charge is 0.126 e. The van der Waals surface area contributed by atoms with Crippen LogP contribution in [-0.2, 0) is 5.41 Å². The molecule has 1 fully saturated rings. The van der Waals surface area contributed by atoms with Crippen LogP contribution >= 0.6 is 0 Å². The summed E-state index contributed by atoms with van der Waals surface area (Å²) in [7, 11) is 0. The highest BCUT2D eigenvalue weighted by Crippen LogP contribution is 2.33. The van der Waals surface area contributed by atoms with Gasteiger partial charge >= 0.3 is 0 Å². The molecular formula is C13H18FN. The quantitative estimate of drug-likeness (QED) is 0.746. The molecular weight excluding hydrogens is 189 g/mol. The summed E-state index contributed by atoms with van der Waals surface area (Å²) in [4.78, 5) is 0. The molecule has 1 nitrogen and oxygen atoms in total. The third kappa shape index (κ3) is 2.05. The van der Waals surface area contributed by atoms with E-state index in [1.165, 1.54) is 5.56 Å². The van der Waals surface area contributed by atoms with Gasteiger partial charge in [-0.25, -0.2) is 4.39 Å². The van der Waals surface area contributed by atoms with Gasteiger partial charge in [0.1, 0.15) is 5.82 Å². The molecule has 0 bridgehead atoms. The lowest BCUT2D eigenvalue weighted by atomic mass is 9.75. The Bertz CT molecular complexity index is 354. The maximum atomic E-state index is 13.2. The number of aryl methyl sites for hydroxylation is 1. The van der Waals surface area contributed by atoms with Crippen molar-refractivity contribution in [1.29, 1.82) is 0 Å². The number of hydrogen-bond donors (Lipinski definition) is 1. The standard InChI is InChI=1S/C13H18FN/c1-10-9-11(3-4-12(10)14)13(2)5-7-15-8-6-13/h3-4,9,15H,5-8H2,1-2H3. The Morgan fingerprint density at radius 2 is 1.93 bits per heavy atom. The summed E-state index contributed by atoms with van der Waals surface area (Å²) < 4.78 is 13.2. The highest BCUT2D eigenvalue weighted by atomic mass is 19.1. The van der Waals surface area contributed by atoms with Crippen LogP contribution < -0.4 is 5.32 Å². The van der Waals surface area contributed by atoms with Crippen molar-refractivity contribution in [3.63, 3.8) is 0 Å². The SMILES string of the molecule is Cc1cc(C2(C)CCNCC2)ccc1F. The van der Waals surface area contributed by atoms with Gasteiger partial charge in [-0.05, 0) is 55.5 Å². The zero-order valence-corrected chi connectivity index (χ0v) is 9.44. The van der Waals surface area contributed by atoms with Gasteiger partial charge in [0.15, 0.2) is 0 Å². The van der Waals surface area contributed by atoms with E-state index < -0.39 is 0 Å². The minimum Gasteiger partial charge on any atom is -0.317 e. The Kier molecular flexibility index (Phi) is 2.79. The van der Waals surface area contributed by atoms with E-state index in [0.717, 1.165) is 31.5 Å². The van der Waals surface area contributed by atoms with E-state index in [2.05, 4.69) is 12.2 Å². The molecule has 0 unspecified atom stereocenters. The van der Waals surface area contributed by atoms with Crippen molar-refractivity contribution in [3.05, 3.63) is 35.1 Å². The highest BCUT2D eigenvalue weighted by molar-refractivity contribution is 5.30. The normalized spacial score (nSPS) is 20.2. The van der Waals surface area contributed by atoms with Gasteiger partial charge in [0.25, 0.3) is 0 Å². The molecule has 1 aliphatic rings. The van der Waals surface area contributed by atoms with E-state index >= 15 is 0 Å². The van der Waals surface area contributed by atoms with Gasteiger partial charge in [-0.3, -0.25) is 0 Å². The zero-order valence-electron chi connectivity index (χ0n) is 9.44. The number of nitrogens with one attached hydrogen (secondary N) is 1. The molecule has 0 amide bonds. The topological polar surface area (TPSA) is 12.0 Å². The molecule has 0 aromatic heterocycles. The van der Waals surface area contributed by atoms with E-state index in [1.807, 2.05) is 19.1 Å². The van der Waals surface area contributed by atoms with Crippen molar-refractivity contribution in [2.45, 2.75) is 32.1 Å². The van der Waals surface area contributed by atoms with E-state index in [4.69, 9.17) is 0 Å². The Hall–Kier alpha value is -0.890. The van der Waals surface area contributed by atoms with Crippen LogP contribution in [0.15, 0.2) is 18.2 Å².